The van der Waals surface area contributed by atoms with Gasteiger partial charge in [-0.2, -0.15) is 0 Å². The van der Waals surface area contributed by atoms with Crippen LogP contribution in [0.3, 0.4) is 0 Å². The largest absolute Gasteiger partial charge is 0.403 e. The summed E-state index contributed by atoms with van der Waals surface area (Å²) in [4.78, 5) is 0. The number of nitrogens with one attached hydrogen (secondary N) is 1. The maximum atomic E-state index is 6.85. The van der Waals surface area contributed by atoms with Crippen molar-refractivity contribution in [1.29, 1.82) is 0 Å². The van der Waals surface area contributed by atoms with Crippen LogP contribution in [0, 0.1) is 0 Å². The number of ether oxygens (including phenoxy) is 1. The van der Waals surface area contributed by atoms with E-state index in [0.717, 1.165) is 18.7 Å². The molecule has 110 valence electrons. The first-order valence-electron chi connectivity index (χ1n) is 7.44. The number of benzene rings is 1. The highest BCUT2D eigenvalue weighted by Gasteiger charge is 2.56. The highest BCUT2D eigenvalue weighted by molar-refractivity contribution is 6.74. The molecule has 0 bridgehead atoms. The SMILES string of the molecule is CC(C)(C)[Si](C)(C)O[C@@]12CCO[C@@H]1Nc1ccccc12. The zero-order chi connectivity index (χ0) is 14.6. The van der Waals surface area contributed by atoms with E-state index in [-0.39, 0.29) is 16.9 Å². The summed E-state index contributed by atoms with van der Waals surface area (Å²) in [6.45, 7) is 12.3. The van der Waals surface area contributed by atoms with Gasteiger partial charge in [0.05, 0.1) is 6.61 Å². The number of fused-ring (bicyclic) bond motifs is 3. The van der Waals surface area contributed by atoms with Gasteiger partial charge in [0.15, 0.2) is 14.5 Å². The van der Waals surface area contributed by atoms with Crippen molar-refractivity contribution in [3.8, 4) is 0 Å². The summed E-state index contributed by atoms with van der Waals surface area (Å²) in [5, 5.41) is 3.69. The molecule has 2 aliphatic rings. The van der Waals surface area contributed by atoms with Crippen molar-refractivity contribution < 1.29 is 9.16 Å². The standard InChI is InChI=1S/C16H25NO2Si/c1-15(2,3)20(4,5)19-16-10-11-18-14(16)17-13-9-7-6-8-12(13)16/h6-9,14,17H,10-11H2,1-5H3/t14-,16+/m0/s1. The molecule has 3 nitrogen and oxygen atoms in total. The minimum Gasteiger partial charge on any atom is -0.403 e. The molecule has 1 fully saturated rings. The number of hydrogen-bond acceptors (Lipinski definition) is 3. The molecule has 0 aromatic heterocycles. The Kier molecular flexibility index (Phi) is 3.05. The molecule has 0 amide bonds. The van der Waals surface area contributed by atoms with E-state index in [1.54, 1.807) is 0 Å². The van der Waals surface area contributed by atoms with Crippen LogP contribution in [0.1, 0.15) is 32.8 Å². The first-order valence-corrected chi connectivity index (χ1v) is 10.3. The second-order valence-electron chi connectivity index (χ2n) is 7.44. The van der Waals surface area contributed by atoms with Crippen LogP contribution in [0.2, 0.25) is 18.1 Å². The maximum Gasteiger partial charge on any atom is 0.193 e. The Bertz CT molecular complexity index is 523. The zero-order valence-electron chi connectivity index (χ0n) is 13.1. The predicted octanol–water partition coefficient (Wildman–Crippen LogP) is 4.08. The first kappa shape index (κ1) is 14.1. The third-order valence-electron chi connectivity index (χ3n) is 5.09. The molecular formula is C16H25NO2Si. The van der Waals surface area contributed by atoms with Crippen LogP contribution in [0.15, 0.2) is 24.3 Å². The fourth-order valence-electron chi connectivity index (χ4n) is 2.92. The van der Waals surface area contributed by atoms with Crippen molar-refractivity contribution in [2.45, 2.75) is 57.2 Å². The predicted molar refractivity (Wildman–Crippen MR) is 84.4 cm³/mol. The molecule has 1 aromatic carbocycles. The Morgan fingerprint density at radius 1 is 1.30 bits per heavy atom. The summed E-state index contributed by atoms with van der Waals surface area (Å²) in [5.41, 5.74) is 2.14. The van der Waals surface area contributed by atoms with E-state index in [9.17, 15) is 0 Å². The van der Waals surface area contributed by atoms with Crippen molar-refractivity contribution in [2.75, 3.05) is 11.9 Å². The molecule has 1 N–H and O–H groups in total. The Balaban J connectivity index is 2.02. The molecule has 2 aliphatic heterocycles. The molecule has 0 saturated carbocycles. The van der Waals surface area contributed by atoms with Gasteiger partial charge in [-0.25, -0.2) is 0 Å². The zero-order valence-corrected chi connectivity index (χ0v) is 14.1. The van der Waals surface area contributed by atoms with E-state index in [1.165, 1.54) is 5.56 Å². The summed E-state index contributed by atoms with van der Waals surface area (Å²) in [6.07, 6.45) is 0.905. The van der Waals surface area contributed by atoms with Crippen LogP contribution in [0.25, 0.3) is 0 Å². The number of anilines is 1. The second-order valence-corrected chi connectivity index (χ2v) is 12.2. The van der Waals surface area contributed by atoms with Gasteiger partial charge in [-0.15, -0.1) is 0 Å². The van der Waals surface area contributed by atoms with Crippen LogP contribution in [-0.2, 0) is 14.8 Å². The van der Waals surface area contributed by atoms with Gasteiger partial charge < -0.3 is 14.5 Å². The fourth-order valence-corrected chi connectivity index (χ4v) is 4.45. The molecule has 0 radical (unpaired) electrons. The monoisotopic (exact) mass is 291 g/mol. The maximum absolute atomic E-state index is 6.85. The topological polar surface area (TPSA) is 30.5 Å². The summed E-state index contributed by atoms with van der Waals surface area (Å²) < 4.78 is 12.8. The van der Waals surface area contributed by atoms with Crippen LogP contribution >= 0.6 is 0 Å². The molecule has 0 aliphatic carbocycles. The molecule has 2 atom stereocenters. The quantitative estimate of drug-likeness (QED) is 0.833. The Hall–Kier alpha value is -0.843. The lowest BCUT2D eigenvalue weighted by atomic mass is 9.93. The van der Waals surface area contributed by atoms with E-state index >= 15 is 0 Å². The van der Waals surface area contributed by atoms with Crippen molar-refractivity contribution in [3.05, 3.63) is 29.8 Å². The van der Waals surface area contributed by atoms with Crippen molar-refractivity contribution >= 4 is 14.0 Å². The van der Waals surface area contributed by atoms with E-state index in [2.05, 4.69) is 63.4 Å². The fraction of sp³-hybridized carbons (Fsp3) is 0.625. The summed E-state index contributed by atoms with van der Waals surface area (Å²) in [5.74, 6) is 0. The van der Waals surface area contributed by atoms with Crippen LogP contribution in [0.5, 0.6) is 0 Å². The highest BCUT2D eigenvalue weighted by Crippen LogP contribution is 2.52. The Morgan fingerprint density at radius 2 is 2.00 bits per heavy atom. The van der Waals surface area contributed by atoms with Gasteiger partial charge in [0.2, 0.25) is 0 Å². The van der Waals surface area contributed by atoms with Crippen LogP contribution < -0.4 is 5.32 Å². The molecule has 4 heteroatoms. The van der Waals surface area contributed by atoms with Gasteiger partial charge >= 0.3 is 0 Å². The van der Waals surface area contributed by atoms with Gasteiger partial charge in [0, 0.05) is 17.7 Å². The molecule has 1 aromatic rings. The van der Waals surface area contributed by atoms with E-state index in [1.807, 2.05) is 0 Å². The molecule has 3 rings (SSSR count). The van der Waals surface area contributed by atoms with Gasteiger partial charge in [-0.3, -0.25) is 0 Å². The van der Waals surface area contributed by atoms with Crippen LogP contribution in [-0.4, -0.2) is 21.2 Å². The van der Waals surface area contributed by atoms with Gasteiger partial charge in [-0.05, 0) is 24.2 Å². The number of rotatable bonds is 2. The average molecular weight is 291 g/mol. The van der Waals surface area contributed by atoms with Crippen molar-refractivity contribution in [2.24, 2.45) is 0 Å². The number of para-hydroxylation sites is 1. The second kappa shape index (κ2) is 4.32. The van der Waals surface area contributed by atoms with Crippen molar-refractivity contribution in [3.63, 3.8) is 0 Å². The van der Waals surface area contributed by atoms with Gasteiger partial charge in [0.25, 0.3) is 0 Å². The molecule has 20 heavy (non-hydrogen) atoms. The summed E-state index contributed by atoms with van der Waals surface area (Å²) in [6, 6.07) is 8.46. The third kappa shape index (κ3) is 1.93. The lowest BCUT2D eigenvalue weighted by molar-refractivity contribution is -0.00651. The third-order valence-corrected chi connectivity index (χ3v) is 9.58. The van der Waals surface area contributed by atoms with Gasteiger partial charge in [0.1, 0.15) is 5.60 Å². The lowest BCUT2D eigenvalue weighted by Crippen LogP contribution is -2.51. The van der Waals surface area contributed by atoms with E-state index in [4.69, 9.17) is 9.16 Å². The smallest absolute Gasteiger partial charge is 0.193 e. The molecule has 1 saturated heterocycles. The van der Waals surface area contributed by atoms with Gasteiger partial charge in [-0.1, -0.05) is 39.0 Å². The summed E-state index contributed by atoms with van der Waals surface area (Å²) in [7, 11) is -1.85. The molecule has 0 spiro atoms. The molecule has 0 unspecified atom stereocenters. The summed E-state index contributed by atoms with van der Waals surface area (Å²) >= 11 is 0. The van der Waals surface area contributed by atoms with E-state index < -0.39 is 8.32 Å². The Morgan fingerprint density at radius 3 is 2.70 bits per heavy atom. The normalized spacial score (nSPS) is 28.9. The average Bonchev–Trinajstić information content (AvgIpc) is 2.82. The van der Waals surface area contributed by atoms with Crippen molar-refractivity contribution in [1.82, 2.24) is 0 Å². The minimum atomic E-state index is -1.85. The minimum absolute atomic E-state index is 0.0333. The van der Waals surface area contributed by atoms with Crippen LogP contribution in [0.4, 0.5) is 5.69 Å². The highest BCUT2D eigenvalue weighted by atomic mass is 28.4. The molecule has 2 heterocycles. The first-order chi connectivity index (χ1) is 9.26. The van der Waals surface area contributed by atoms with E-state index in [0.29, 0.717) is 0 Å². The lowest BCUT2D eigenvalue weighted by Gasteiger charge is -2.43. The number of hydrogen-bond donors (Lipinski definition) is 1. The molecular weight excluding hydrogens is 266 g/mol. The Labute approximate surface area is 122 Å².